The van der Waals surface area contributed by atoms with Crippen LogP contribution in [0.1, 0.15) is 10.5 Å². The first-order chi connectivity index (χ1) is 10.2. The number of hydrogen-bond acceptors (Lipinski definition) is 3. The second-order valence-corrected chi connectivity index (χ2v) is 4.51. The molecule has 0 amide bonds. The van der Waals surface area contributed by atoms with E-state index >= 15 is 0 Å². The topological polar surface area (TPSA) is 62.3 Å². The summed E-state index contributed by atoms with van der Waals surface area (Å²) in [5.41, 5.74) is 1.99. The summed E-state index contributed by atoms with van der Waals surface area (Å²) in [5.74, 6) is 0.234. The molecule has 21 heavy (non-hydrogen) atoms. The maximum atomic E-state index is 11.8. The monoisotopic (exact) mass is 279 g/mol. The molecule has 2 aromatic carbocycles. The fraction of sp³-hybridized carbons (Fsp3) is 0. The minimum Gasteiger partial charge on any atom is -0.507 e. The van der Waals surface area contributed by atoms with Gasteiger partial charge in [-0.2, -0.15) is 0 Å². The van der Waals surface area contributed by atoms with Gasteiger partial charge in [0.25, 0.3) is 0 Å². The number of hydrogen-bond donors (Lipinski definition) is 2. The molecule has 0 radical (unpaired) electrons. The number of carbonyl (C=O) groups excluding carboxylic acids is 1. The minimum absolute atomic E-state index is 0.216. The molecule has 0 saturated carbocycles. The number of aromatic amines is 1. The van der Waals surface area contributed by atoms with Crippen LogP contribution in [0.25, 0.3) is 11.1 Å². The normalized spacial score (nSPS) is 10.3. The van der Waals surface area contributed by atoms with Crippen LogP contribution < -0.4 is 4.74 Å². The highest BCUT2D eigenvalue weighted by Crippen LogP contribution is 2.29. The Kier molecular flexibility index (Phi) is 3.43. The number of phenolic OH excluding ortho intramolecular Hbond substituents is 1. The van der Waals surface area contributed by atoms with Crippen molar-refractivity contribution in [2.75, 3.05) is 0 Å². The van der Waals surface area contributed by atoms with E-state index in [1.807, 2.05) is 12.1 Å². The van der Waals surface area contributed by atoms with Crippen LogP contribution in [0.5, 0.6) is 11.5 Å². The molecule has 0 aliphatic carbocycles. The molecule has 1 heterocycles. The lowest BCUT2D eigenvalue weighted by atomic mass is 10.0. The molecule has 3 aromatic rings. The summed E-state index contributed by atoms with van der Waals surface area (Å²) in [4.78, 5) is 14.6. The lowest BCUT2D eigenvalue weighted by Crippen LogP contribution is -2.08. The number of phenols is 1. The molecule has 0 spiro atoms. The van der Waals surface area contributed by atoms with E-state index in [1.54, 1.807) is 54.7 Å². The number of ether oxygens (including phenoxy) is 1. The largest absolute Gasteiger partial charge is 0.507 e. The lowest BCUT2D eigenvalue weighted by molar-refractivity contribution is 0.0729. The quantitative estimate of drug-likeness (QED) is 0.568. The van der Waals surface area contributed by atoms with Gasteiger partial charge in [0, 0.05) is 11.8 Å². The smallest absolute Gasteiger partial charge is 0.360 e. The maximum absolute atomic E-state index is 11.8. The van der Waals surface area contributed by atoms with Gasteiger partial charge in [-0.3, -0.25) is 0 Å². The summed E-state index contributed by atoms with van der Waals surface area (Å²) in [6, 6.07) is 17.5. The van der Waals surface area contributed by atoms with Crippen molar-refractivity contribution in [1.82, 2.24) is 4.98 Å². The zero-order valence-electron chi connectivity index (χ0n) is 11.1. The van der Waals surface area contributed by atoms with Crippen molar-refractivity contribution in [3.05, 3.63) is 72.6 Å². The van der Waals surface area contributed by atoms with Crippen LogP contribution in [0.4, 0.5) is 0 Å². The van der Waals surface area contributed by atoms with E-state index in [9.17, 15) is 9.90 Å². The maximum Gasteiger partial charge on any atom is 0.360 e. The number of carbonyl (C=O) groups is 1. The predicted molar refractivity (Wildman–Crippen MR) is 79.3 cm³/mol. The van der Waals surface area contributed by atoms with Gasteiger partial charge < -0.3 is 14.8 Å². The molecular weight excluding hydrogens is 266 g/mol. The number of aromatic hydroxyl groups is 1. The zero-order chi connectivity index (χ0) is 14.7. The number of H-pyrrole nitrogens is 1. The van der Waals surface area contributed by atoms with Gasteiger partial charge in [0.1, 0.15) is 17.2 Å². The van der Waals surface area contributed by atoms with Crippen molar-refractivity contribution >= 4 is 5.97 Å². The van der Waals surface area contributed by atoms with Crippen LogP contribution in [-0.2, 0) is 0 Å². The van der Waals surface area contributed by atoms with Crippen molar-refractivity contribution in [3.8, 4) is 22.6 Å². The Labute approximate surface area is 121 Å². The first-order valence-corrected chi connectivity index (χ1v) is 6.48. The summed E-state index contributed by atoms with van der Waals surface area (Å²) in [7, 11) is 0. The summed E-state index contributed by atoms with van der Waals surface area (Å²) in [5, 5.41) is 9.81. The molecule has 3 rings (SSSR count). The first kappa shape index (κ1) is 13.0. The molecule has 0 bridgehead atoms. The number of para-hydroxylation sites is 1. The number of aromatic nitrogens is 1. The highest BCUT2D eigenvalue weighted by Gasteiger charge is 2.09. The number of nitrogens with one attached hydrogen (secondary N) is 1. The third-order valence-corrected chi connectivity index (χ3v) is 3.10. The molecular formula is C17H13NO3. The molecule has 4 heteroatoms. The van der Waals surface area contributed by atoms with Crippen LogP contribution in [0.2, 0.25) is 0 Å². The van der Waals surface area contributed by atoms with E-state index in [2.05, 4.69) is 4.98 Å². The molecule has 0 atom stereocenters. The van der Waals surface area contributed by atoms with Gasteiger partial charge in [-0.05, 0) is 35.9 Å². The van der Waals surface area contributed by atoms with E-state index in [0.29, 0.717) is 11.4 Å². The molecule has 0 saturated heterocycles. The fourth-order valence-electron chi connectivity index (χ4n) is 2.04. The third-order valence-electron chi connectivity index (χ3n) is 3.10. The van der Waals surface area contributed by atoms with Gasteiger partial charge >= 0.3 is 5.97 Å². The second kappa shape index (κ2) is 5.54. The Balaban J connectivity index is 1.79. The number of benzene rings is 2. The molecule has 0 fully saturated rings. The molecule has 4 nitrogen and oxygen atoms in total. The molecule has 0 aliphatic rings. The molecule has 104 valence electrons. The van der Waals surface area contributed by atoms with Crippen LogP contribution in [0, 0.1) is 0 Å². The van der Waals surface area contributed by atoms with Crippen molar-refractivity contribution in [1.29, 1.82) is 0 Å². The van der Waals surface area contributed by atoms with Gasteiger partial charge in [-0.1, -0.05) is 30.3 Å². The summed E-state index contributed by atoms with van der Waals surface area (Å²) in [6.45, 7) is 0. The van der Waals surface area contributed by atoms with Crippen LogP contribution in [0.15, 0.2) is 66.9 Å². The van der Waals surface area contributed by atoms with Gasteiger partial charge in [-0.25, -0.2) is 4.79 Å². The third kappa shape index (κ3) is 2.79. The fourth-order valence-corrected chi connectivity index (χ4v) is 2.04. The molecule has 0 aliphatic heterocycles. The van der Waals surface area contributed by atoms with E-state index in [0.717, 1.165) is 11.1 Å². The minimum atomic E-state index is -0.435. The summed E-state index contributed by atoms with van der Waals surface area (Å²) in [6.07, 6.45) is 1.66. The van der Waals surface area contributed by atoms with Crippen LogP contribution in [-0.4, -0.2) is 16.1 Å². The van der Waals surface area contributed by atoms with Crippen molar-refractivity contribution in [2.45, 2.75) is 0 Å². The lowest BCUT2D eigenvalue weighted by Gasteiger charge is -2.06. The van der Waals surface area contributed by atoms with Crippen LogP contribution >= 0.6 is 0 Å². The Hall–Kier alpha value is -3.01. The Morgan fingerprint density at radius 2 is 1.71 bits per heavy atom. The van der Waals surface area contributed by atoms with Gasteiger partial charge in [0.2, 0.25) is 0 Å². The Bertz CT molecular complexity index is 746. The SMILES string of the molecule is O=C(Oc1ccc(-c2ccccc2O)cc1)c1ccc[nH]1. The summed E-state index contributed by atoms with van der Waals surface area (Å²) >= 11 is 0. The average Bonchev–Trinajstić information content (AvgIpc) is 3.03. The molecule has 0 unspecified atom stereocenters. The van der Waals surface area contributed by atoms with Crippen molar-refractivity contribution in [3.63, 3.8) is 0 Å². The predicted octanol–water partition coefficient (Wildman–Crippen LogP) is 3.61. The van der Waals surface area contributed by atoms with Gasteiger partial charge in [0.05, 0.1) is 0 Å². The van der Waals surface area contributed by atoms with Crippen molar-refractivity contribution < 1.29 is 14.6 Å². The van der Waals surface area contributed by atoms with Gasteiger partial charge in [-0.15, -0.1) is 0 Å². The highest BCUT2D eigenvalue weighted by atomic mass is 16.5. The Morgan fingerprint density at radius 3 is 2.38 bits per heavy atom. The van der Waals surface area contributed by atoms with E-state index in [4.69, 9.17) is 4.74 Å². The highest BCUT2D eigenvalue weighted by molar-refractivity contribution is 5.89. The Morgan fingerprint density at radius 1 is 0.952 bits per heavy atom. The average molecular weight is 279 g/mol. The van der Waals surface area contributed by atoms with Gasteiger partial charge in [0.15, 0.2) is 0 Å². The number of rotatable bonds is 3. The molecule has 2 N–H and O–H groups in total. The van der Waals surface area contributed by atoms with Crippen LogP contribution in [0.3, 0.4) is 0 Å². The van der Waals surface area contributed by atoms with E-state index in [-0.39, 0.29) is 5.75 Å². The second-order valence-electron chi connectivity index (χ2n) is 4.51. The van der Waals surface area contributed by atoms with Crippen molar-refractivity contribution in [2.24, 2.45) is 0 Å². The zero-order valence-corrected chi connectivity index (χ0v) is 11.1. The van der Waals surface area contributed by atoms with E-state index in [1.165, 1.54) is 0 Å². The molecule has 1 aromatic heterocycles. The summed E-state index contributed by atoms with van der Waals surface area (Å²) < 4.78 is 5.25. The first-order valence-electron chi connectivity index (χ1n) is 6.48. The number of esters is 1. The van der Waals surface area contributed by atoms with E-state index < -0.39 is 5.97 Å². The standard InChI is InChI=1S/C17H13NO3/c19-16-6-2-1-4-14(16)12-7-9-13(10-8-12)21-17(20)15-5-3-11-18-15/h1-11,18-19H.